The number of nitriles is 1. The van der Waals surface area contributed by atoms with Crippen molar-refractivity contribution < 1.29 is 4.79 Å². The predicted octanol–water partition coefficient (Wildman–Crippen LogP) is 5.22. The Morgan fingerprint density at radius 2 is 1.89 bits per heavy atom. The van der Waals surface area contributed by atoms with Crippen LogP contribution in [-0.2, 0) is 4.79 Å². The summed E-state index contributed by atoms with van der Waals surface area (Å²) in [5.74, 6) is 2.92. The number of pyridine rings is 1. The van der Waals surface area contributed by atoms with Crippen molar-refractivity contribution in [2.24, 2.45) is 5.41 Å². The third-order valence-corrected chi connectivity index (χ3v) is 8.29. The summed E-state index contributed by atoms with van der Waals surface area (Å²) in [6.07, 6.45) is 10.2. The molecule has 1 N–H and O–H groups in total. The maximum atomic E-state index is 13.4. The van der Waals surface area contributed by atoms with Crippen molar-refractivity contribution in [3.05, 3.63) is 53.9 Å². The average molecular weight is 512 g/mol. The minimum absolute atomic E-state index is 0.0733. The molecule has 3 aliphatic rings. The molecule has 186 valence electrons. The van der Waals surface area contributed by atoms with Gasteiger partial charge in [-0.3, -0.25) is 9.78 Å². The van der Waals surface area contributed by atoms with Crippen molar-refractivity contribution in [3.63, 3.8) is 0 Å². The highest BCUT2D eigenvalue weighted by Crippen LogP contribution is 2.46. The number of carbonyl (C=O) groups excluding carboxylic acids is 1. The maximum Gasteiger partial charge on any atom is 0.267 e. The molecule has 2 aromatic heterocycles. The van der Waals surface area contributed by atoms with E-state index in [1.807, 2.05) is 23.1 Å². The Balaban J connectivity index is 1.20. The third-order valence-electron chi connectivity index (χ3n) is 8.01. The SMILES string of the molecule is N#CB1CCC2(CC1)CCN(c1cncc(Nc3ncc(Cl)c(-c4cccc(N5CCC5)c4)n3)c1)C2=O. The number of halogens is 1. The Morgan fingerprint density at radius 1 is 1.05 bits per heavy atom. The minimum atomic E-state index is -0.338. The lowest BCUT2D eigenvalue weighted by Gasteiger charge is -2.33. The zero-order valence-corrected chi connectivity index (χ0v) is 21.3. The van der Waals surface area contributed by atoms with E-state index >= 15 is 0 Å². The molecular formula is C27H27BClN7O. The van der Waals surface area contributed by atoms with E-state index in [9.17, 15) is 10.1 Å². The van der Waals surface area contributed by atoms with Crippen molar-refractivity contribution in [2.75, 3.05) is 34.8 Å². The van der Waals surface area contributed by atoms with Crippen LogP contribution in [0.1, 0.15) is 25.7 Å². The highest BCUT2D eigenvalue weighted by atomic mass is 35.5. The zero-order valence-electron chi connectivity index (χ0n) is 20.5. The van der Waals surface area contributed by atoms with Crippen molar-refractivity contribution in [1.29, 1.82) is 5.26 Å². The second-order valence-corrected chi connectivity index (χ2v) is 10.6. The normalized spacial score (nSPS) is 18.6. The molecule has 1 amide bonds. The largest absolute Gasteiger partial charge is 0.371 e. The molecule has 3 fully saturated rings. The second-order valence-electron chi connectivity index (χ2n) is 10.2. The first kappa shape index (κ1) is 23.7. The molecule has 0 saturated carbocycles. The molecule has 0 atom stereocenters. The number of aromatic nitrogens is 3. The lowest BCUT2D eigenvalue weighted by molar-refractivity contribution is -0.126. The molecule has 5 heterocycles. The van der Waals surface area contributed by atoms with Crippen LogP contribution >= 0.6 is 11.6 Å². The van der Waals surface area contributed by atoms with Gasteiger partial charge in [-0.2, -0.15) is 0 Å². The van der Waals surface area contributed by atoms with Crippen LogP contribution in [0.15, 0.2) is 48.9 Å². The van der Waals surface area contributed by atoms with Crippen LogP contribution in [-0.4, -0.2) is 47.2 Å². The Morgan fingerprint density at radius 3 is 2.65 bits per heavy atom. The van der Waals surface area contributed by atoms with Gasteiger partial charge in [0.2, 0.25) is 11.9 Å². The Labute approximate surface area is 221 Å². The second kappa shape index (κ2) is 9.68. The van der Waals surface area contributed by atoms with Crippen molar-refractivity contribution >= 4 is 47.2 Å². The first-order chi connectivity index (χ1) is 18.0. The maximum absolute atomic E-state index is 13.4. The summed E-state index contributed by atoms with van der Waals surface area (Å²) in [6.45, 7) is 2.87. The minimum Gasteiger partial charge on any atom is -0.371 e. The Bertz CT molecular complexity index is 1380. The van der Waals surface area contributed by atoms with Gasteiger partial charge in [0.15, 0.2) is 0 Å². The van der Waals surface area contributed by atoms with Gasteiger partial charge in [0.05, 0.1) is 46.1 Å². The average Bonchev–Trinajstić information content (AvgIpc) is 3.20. The van der Waals surface area contributed by atoms with Gasteiger partial charge in [-0.1, -0.05) is 36.4 Å². The molecule has 0 unspecified atom stereocenters. The molecule has 8 nitrogen and oxygen atoms in total. The highest BCUT2D eigenvalue weighted by molar-refractivity contribution is 6.67. The lowest BCUT2D eigenvalue weighted by atomic mass is 9.39. The topological polar surface area (TPSA) is 98.0 Å². The zero-order chi connectivity index (χ0) is 25.4. The highest BCUT2D eigenvalue weighted by Gasteiger charge is 2.49. The Hall–Kier alpha value is -3.64. The number of benzene rings is 1. The molecule has 3 aromatic rings. The van der Waals surface area contributed by atoms with Crippen molar-refractivity contribution in [1.82, 2.24) is 15.0 Å². The molecule has 3 saturated heterocycles. The number of carbonyl (C=O) groups is 1. The first-order valence-electron chi connectivity index (χ1n) is 12.9. The van der Waals surface area contributed by atoms with Crippen molar-refractivity contribution in [3.8, 4) is 17.2 Å². The van der Waals surface area contributed by atoms with Crippen LogP contribution in [0.25, 0.3) is 11.3 Å². The van der Waals surface area contributed by atoms with E-state index in [0.29, 0.717) is 28.9 Å². The van der Waals surface area contributed by atoms with Gasteiger partial charge in [-0.25, -0.2) is 15.2 Å². The Kier molecular flexibility index (Phi) is 6.21. The van der Waals surface area contributed by atoms with Gasteiger partial charge in [0.1, 0.15) is 0 Å². The van der Waals surface area contributed by atoms with Crippen molar-refractivity contribution in [2.45, 2.75) is 38.3 Å². The number of nitrogens with zero attached hydrogens (tertiary/aromatic N) is 6. The molecule has 3 aliphatic heterocycles. The smallest absolute Gasteiger partial charge is 0.267 e. The van der Waals surface area contributed by atoms with Crippen LogP contribution in [0.4, 0.5) is 23.0 Å². The van der Waals surface area contributed by atoms with Crippen LogP contribution in [0, 0.1) is 16.6 Å². The number of nitrogens with one attached hydrogen (secondary N) is 1. The van der Waals surface area contributed by atoms with E-state index in [2.05, 4.69) is 38.3 Å². The molecule has 0 aliphatic carbocycles. The number of hydrogen-bond acceptors (Lipinski definition) is 7. The molecule has 1 spiro atoms. The third kappa shape index (κ3) is 4.51. The summed E-state index contributed by atoms with van der Waals surface area (Å²) in [6, 6.07) is 10.1. The van der Waals surface area contributed by atoms with Crippen LogP contribution in [0.3, 0.4) is 0 Å². The van der Waals surface area contributed by atoms with Gasteiger partial charge < -0.3 is 15.1 Å². The van der Waals surface area contributed by atoms with Gasteiger partial charge in [-0.05, 0) is 43.9 Å². The molecule has 6 rings (SSSR count). The summed E-state index contributed by atoms with van der Waals surface area (Å²) in [5.41, 5.74) is 3.88. The molecule has 1 aromatic carbocycles. The summed E-state index contributed by atoms with van der Waals surface area (Å²) in [5, 5.41) is 13.0. The summed E-state index contributed by atoms with van der Waals surface area (Å²) < 4.78 is 0. The van der Waals surface area contributed by atoms with E-state index in [0.717, 1.165) is 56.2 Å². The van der Waals surface area contributed by atoms with Crippen LogP contribution in [0.2, 0.25) is 17.7 Å². The van der Waals surface area contributed by atoms with E-state index in [1.165, 1.54) is 12.1 Å². The number of hydrogen-bond donors (Lipinski definition) is 1. The fourth-order valence-electron chi connectivity index (χ4n) is 5.66. The fourth-order valence-corrected chi connectivity index (χ4v) is 5.86. The van der Waals surface area contributed by atoms with Gasteiger partial charge in [0.25, 0.3) is 6.71 Å². The number of anilines is 4. The van der Waals surface area contributed by atoms with Gasteiger partial charge in [-0.15, -0.1) is 0 Å². The van der Waals surface area contributed by atoms with E-state index in [4.69, 9.17) is 16.6 Å². The van der Waals surface area contributed by atoms with E-state index < -0.39 is 0 Å². The fraction of sp³-hybridized carbons (Fsp3) is 0.370. The van der Waals surface area contributed by atoms with Crippen LogP contribution < -0.4 is 15.1 Å². The van der Waals surface area contributed by atoms with Crippen LogP contribution in [0.5, 0.6) is 0 Å². The summed E-state index contributed by atoms with van der Waals surface area (Å²) >= 11 is 6.49. The molecular weight excluding hydrogens is 485 g/mol. The number of amides is 1. The molecule has 37 heavy (non-hydrogen) atoms. The standard InChI is InChI=1S/C27H27BClN7O/c29-23-17-32-26(34-24(23)19-3-1-4-21(13-19)35-10-2-11-35)33-20-14-22(16-31-15-20)36-12-7-27(25(36)37)5-8-28(18-30)9-6-27/h1,3-4,13-17H,2,5-12H2,(H,32,33,34). The monoisotopic (exact) mass is 511 g/mol. The number of rotatable bonds is 5. The first-order valence-corrected chi connectivity index (χ1v) is 13.2. The summed E-state index contributed by atoms with van der Waals surface area (Å²) in [4.78, 5) is 31.0. The van der Waals surface area contributed by atoms with Gasteiger partial charge in [0, 0.05) is 36.9 Å². The molecule has 10 heteroatoms. The van der Waals surface area contributed by atoms with E-state index in [1.54, 1.807) is 18.6 Å². The quantitative estimate of drug-likeness (QED) is 0.469. The van der Waals surface area contributed by atoms with Gasteiger partial charge >= 0.3 is 0 Å². The lowest BCUT2D eigenvalue weighted by Crippen LogP contribution is -2.38. The predicted molar refractivity (Wildman–Crippen MR) is 146 cm³/mol. The van der Waals surface area contributed by atoms with E-state index in [-0.39, 0.29) is 18.0 Å². The molecule has 0 bridgehead atoms. The molecule has 0 radical (unpaired) electrons. The summed E-state index contributed by atoms with van der Waals surface area (Å²) in [7, 11) is 0.